The molecule has 24 heavy (non-hydrogen) atoms. The van der Waals surface area contributed by atoms with Crippen LogP contribution in [0.25, 0.3) is 0 Å². The van der Waals surface area contributed by atoms with Gasteiger partial charge in [0.05, 0.1) is 5.25 Å². The lowest BCUT2D eigenvalue weighted by molar-refractivity contribution is -0.127. The van der Waals surface area contributed by atoms with Crippen molar-refractivity contribution in [1.29, 1.82) is 0 Å². The third kappa shape index (κ3) is 7.09. The summed E-state index contributed by atoms with van der Waals surface area (Å²) in [6, 6.07) is 0. The number of amides is 1. The molecule has 0 radical (unpaired) electrons. The van der Waals surface area contributed by atoms with E-state index >= 15 is 0 Å². The smallest absolute Gasteiger partial charge is 0.243 e. The van der Waals surface area contributed by atoms with E-state index in [9.17, 15) is 13.2 Å². The second kappa shape index (κ2) is 11.1. The normalized spacial score (nSPS) is 18.2. The van der Waals surface area contributed by atoms with Crippen LogP contribution < -0.4 is 10.0 Å². The molecule has 0 aromatic rings. The number of aliphatic imine (C=N–C) groups is 1. The lowest BCUT2D eigenvalue weighted by atomic mass is 10.4. The zero-order valence-corrected chi connectivity index (χ0v) is 18.1. The highest BCUT2D eigenvalue weighted by Gasteiger charge is 2.34. The fourth-order valence-electron chi connectivity index (χ4n) is 2.28. The second-order valence-corrected chi connectivity index (χ2v) is 7.80. The van der Waals surface area contributed by atoms with Gasteiger partial charge in [0, 0.05) is 40.3 Å². The Morgan fingerprint density at radius 3 is 2.54 bits per heavy atom. The number of guanidine groups is 1. The molecule has 2 N–H and O–H groups in total. The molecule has 1 aliphatic rings. The first-order valence-electron chi connectivity index (χ1n) is 8.03. The topological polar surface area (TPSA) is 94.1 Å². The first kappa shape index (κ1) is 23.4. The molecule has 8 nitrogen and oxygen atoms in total. The Kier molecular flexibility index (Phi) is 10.8. The van der Waals surface area contributed by atoms with Crippen LogP contribution in [0.1, 0.15) is 26.7 Å². The van der Waals surface area contributed by atoms with Crippen LogP contribution in [-0.4, -0.2) is 82.2 Å². The average Bonchev–Trinajstić information content (AvgIpc) is 2.97. The standard InChI is InChI=1S/C14H29N5O3S.HI/c1-5-8-15-14(16-10-13(20)18(3)4)19-9-7-12(11-19)23(21,22)17-6-2;/h12,17H,5-11H2,1-4H3,(H,15,16);1H. The Balaban J connectivity index is 0.00000529. The Labute approximate surface area is 162 Å². The maximum atomic E-state index is 12.1. The van der Waals surface area contributed by atoms with Crippen molar-refractivity contribution < 1.29 is 13.2 Å². The van der Waals surface area contributed by atoms with Gasteiger partial charge in [-0.25, -0.2) is 18.1 Å². The van der Waals surface area contributed by atoms with E-state index in [1.54, 1.807) is 21.0 Å². The number of carbonyl (C=O) groups is 1. The molecule has 1 amide bonds. The van der Waals surface area contributed by atoms with Crippen LogP contribution in [0, 0.1) is 0 Å². The van der Waals surface area contributed by atoms with Crippen molar-refractivity contribution in [3.63, 3.8) is 0 Å². The monoisotopic (exact) mass is 475 g/mol. The Bertz CT molecular complexity index is 525. The summed E-state index contributed by atoms with van der Waals surface area (Å²) in [4.78, 5) is 19.5. The first-order valence-corrected chi connectivity index (χ1v) is 9.58. The van der Waals surface area contributed by atoms with E-state index in [1.807, 2.05) is 11.8 Å². The molecule has 0 saturated carbocycles. The van der Waals surface area contributed by atoms with Crippen LogP contribution in [0.5, 0.6) is 0 Å². The molecular weight excluding hydrogens is 445 g/mol. The molecule has 1 rings (SSSR count). The minimum Gasteiger partial charge on any atom is -0.356 e. The van der Waals surface area contributed by atoms with Gasteiger partial charge in [-0.2, -0.15) is 0 Å². The highest BCUT2D eigenvalue weighted by atomic mass is 127. The molecule has 1 heterocycles. The van der Waals surface area contributed by atoms with E-state index in [1.165, 1.54) is 4.90 Å². The molecule has 0 bridgehead atoms. The molecule has 10 heteroatoms. The molecule has 0 spiro atoms. The number of rotatable bonds is 7. The van der Waals surface area contributed by atoms with Gasteiger partial charge >= 0.3 is 0 Å². The van der Waals surface area contributed by atoms with Gasteiger partial charge < -0.3 is 15.1 Å². The molecule has 0 aromatic carbocycles. The van der Waals surface area contributed by atoms with Crippen LogP contribution in [-0.2, 0) is 14.8 Å². The van der Waals surface area contributed by atoms with E-state index in [0.717, 1.165) is 13.0 Å². The number of likely N-dealkylation sites (N-methyl/N-ethyl adjacent to an activating group) is 1. The zero-order chi connectivity index (χ0) is 17.5. The Morgan fingerprint density at radius 1 is 1.33 bits per heavy atom. The number of sulfonamides is 1. The fourth-order valence-corrected chi connectivity index (χ4v) is 3.71. The maximum absolute atomic E-state index is 12.1. The van der Waals surface area contributed by atoms with E-state index in [0.29, 0.717) is 32.0 Å². The summed E-state index contributed by atoms with van der Waals surface area (Å²) in [5, 5.41) is 2.76. The Hall–Kier alpha value is -0.620. The molecule has 1 atom stereocenters. The lowest BCUT2D eigenvalue weighted by Gasteiger charge is -2.22. The summed E-state index contributed by atoms with van der Waals surface area (Å²) < 4.78 is 26.8. The summed E-state index contributed by atoms with van der Waals surface area (Å²) in [6.45, 7) is 5.99. The van der Waals surface area contributed by atoms with Gasteiger partial charge in [0.25, 0.3) is 0 Å². The van der Waals surface area contributed by atoms with Crippen LogP contribution in [0.4, 0.5) is 0 Å². The third-order valence-electron chi connectivity index (χ3n) is 3.62. The van der Waals surface area contributed by atoms with Gasteiger partial charge in [-0.05, 0) is 12.8 Å². The SMILES string of the molecule is CCCNC(=NCC(=O)N(C)C)N1CCC(S(=O)(=O)NCC)C1.I. The van der Waals surface area contributed by atoms with E-state index in [-0.39, 0.29) is 36.4 Å². The van der Waals surface area contributed by atoms with E-state index < -0.39 is 15.3 Å². The number of carbonyl (C=O) groups excluding carboxylic acids is 1. The van der Waals surface area contributed by atoms with Gasteiger partial charge in [-0.3, -0.25) is 4.79 Å². The van der Waals surface area contributed by atoms with Gasteiger partial charge in [0.1, 0.15) is 6.54 Å². The van der Waals surface area contributed by atoms with Gasteiger partial charge in [0.2, 0.25) is 15.9 Å². The molecule has 1 aliphatic heterocycles. The molecule has 1 saturated heterocycles. The van der Waals surface area contributed by atoms with Crippen LogP contribution in [0.15, 0.2) is 4.99 Å². The number of halogens is 1. The van der Waals surface area contributed by atoms with Crippen molar-refractivity contribution in [1.82, 2.24) is 19.8 Å². The highest BCUT2D eigenvalue weighted by molar-refractivity contribution is 14.0. The maximum Gasteiger partial charge on any atom is 0.243 e. The van der Waals surface area contributed by atoms with Crippen molar-refractivity contribution in [3.8, 4) is 0 Å². The minimum absolute atomic E-state index is 0. The number of nitrogens with zero attached hydrogens (tertiary/aromatic N) is 3. The molecule has 1 unspecified atom stereocenters. The summed E-state index contributed by atoms with van der Waals surface area (Å²) in [5.41, 5.74) is 0. The number of hydrogen-bond donors (Lipinski definition) is 2. The minimum atomic E-state index is -3.29. The van der Waals surface area contributed by atoms with Crippen LogP contribution in [0.3, 0.4) is 0 Å². The van der Waals surface area contributed by atoms with Gasteiger partial charge in [-0.1, -0.05) is 13.8 Å². The fraction of sp³-hybridized carbons (Fsp3) is 0.857. The van der Waals surface area contributed by atoms with Crippen LogP contribution in [0.2, 0.25) is 0 Å². The summed E-state index contributed by atoms with van der Waals surface area (Å²) in [6.07, 6.45) is 1.48. The zero-order valence-electron chi connectivity index (χ0n) is 14.9. The lowest BCUT2D eigenvalue weighted by Crippen LogP contribution is -2.43. The van der Waals surface area contributed by atoms with Crippen molar-refractivity contribution >= 4 is 45.9 Å². The molecule has 1 fully saturated rings. The van der Waals surface area contributed by atoms with E-state index in [4.69, 9.17) is 0 Å². The predicted molar refractivity (Wildman–Crippen MR) is 107 cm³/mol. The quantitative estimate of drug-likeness (QED) is 0.309. The molecule has 0 aromatic heterocycles. The number of likely N-dealkylation sites (tertiary alicyclic amines) is 1. The molecular formula is C14H30IN5O3S. The number of hydrogen-bond acceptors (Lipinski definition) is 4. The summed E-state index contributed by atoms with van der Waals surface area (Å²) in [7, 11) is 0.0814. The molecule has 142 valence electrons. The average molecular weight is 475 g/mol. The summed E-state index contributed by atoms with van der Waals surface area (Å²) in [5.74, 6) is 0.521. The van der Waals surface area contributed by atoms with Crippen molar-refractivity contribution in [2.24, 2.45) is 4.99 Å². The van der Waals surface area contributed by atoms with Gasteiger partial charge in [-0.15, -0.1) is 24.0 Å². The second-order valence-electron chi connectivity index (χ2n) is 5.75. The largest absolute Gasteiger partial charge is 0.356 e. The van der Waals surface area contributed by atoms with Crippen molar-refractivity contribution in [2.75, 3.05) is 46.8 Å². The predicted octanol–water partition coefficient (Wildman–Crippen LogP) is 0.0618. The van der Waals surface area contributed by atoms with E-state index in [2.05, 4.69) is 15.0 Å². The summed E-state index contributed by atoms with van der Waals surface area (Å²) >= 11 is 0. The van der Waals surface area contributed by atoms with Crippen molar-refractivity contribution in [2.45, 2.75) is 31.9 Å². The Morgan fingerprint density at radius 2 is 2.00 bits per heavy atom. The highest BCUT2D eigenvalue weighted by Crippen LogP contribution is 2.16. The molecule has 0 aliphatic carbocycles. The number of nitrogens with one attached hydrogen (secondary N) is 2. The third-order valence-corrected chi connectivity index (χ3v) is 5.58. The van der Waals surface area contributed by atoms with Crippen LogP contribution >= 0.6 is 24.0 Å². The van der Waals surface area contributed by atoms with Gasteiger partial charge in [0.15, 0.2) is 5.96 Å². The van der Waals surface area contributed by atoms with Crippen molar-refractivity contribution in [3.05, 3.63) is 0 Å². The first-order chi connectivity index (χ1) is 10.8.